The predicted octanol–water partition coefficient (Wildman–Crippen LogP) is 5.66. The summed E-state index contributed by atoms with van der Waals surface area (Å²) in [4.78, 5) is 12.4. The summed E-state index contributed by atoms with van der Waals surface area (Å²) in [6.45, 7) is 0. The second kappa shape index (κ2) is 6.83. The van der Waals surface area contributed by atoms with Crippen LogP contribution in [0.15, 0.2) is 70.4 Å². The van der Waals surface area contributed by atoms with Gasteiger partial charge in [-0.05, 0) is 22.9 Å². The average molecular weight is 383 g/mol. The lowest BCUT2D eigenvalue weighted by atomic mass is 10.1. The number of nitrogens with one attached hydrogen (secondary N) is 1. The van der Waals surface area contributed by atoms with Crippen LogP contribution in [-0.4, -0.2) is 12.1 Å². The monoisotopic (exact) mass is 382 g/mol. The third-order valence-electron chi connectivity index (χ3n) is 4.03. The van der Waals surface area contributed by atoms with Gasteiger partial charge in [-0.3, -0.25) is 4.79 Å². The van der Waals surface area contributed by atoms with Crippen molar-refractivity contribution >= 4 is 57.1 Å². The Bertz CT molecular complexity index is 1160. The number of fused-ring (bicyclic) bond motifs is 2. The Hall–Kier alpha value is -2.82. The predicted molar refractivity (Wildman–Crippen MR) is 105 cm³/mol. The highest BCUT2D eigenvalue weighted by Crippen LogP contribution is 2.31. The molecule has 0 aliphatic rings. The van der Waals surface area contributed by atoms with Crippen molar-refractivity contribution in [2.24, 2.45) is 5.10 Å². The van der Waals surface area contributed by atoms with Crippen LogP contribution < -0.4 is 5.43 Å². The number of benzene rings is 3. The Morgan fingerprint density at radius 2 is 1.85 bits per heavy atom. The van der Waals surface area contributed by atoms with Crippen LogP contribution in [0.1, 0.15) is 15.9 Å². The molecule has 0 radical (unpaired) electrons. The SMILES string of the molecule is O=C(N/N=C/c1cccc2ccccc12)c1coc2c(Cl)cc(Cl)cc12. The van der Waals surface area contributed by atoms with E-state index in [1.165, 1.54) is 6.26 Å². The molecule has 4 nitrogen and oxygen atoms in total. The van der Waals surface area contributed by atoms with Gasteiger partial charge in [0.25, 0.3) is 5.91 Å². The van der Waals surface area contributed by atoms with Crippen LogP contribution >= 0.6 is 23.2 Å². The number of nitrogens with zero attached hydrogens (tertiary/aromatic N) is 1. The van der Waals surface area contributed by atoms with Crippen LogP contribution in [0.5, 0.6) is 0 Å². The van der Waals surface area contributed by atoms with Crippen LogP contribution in [0.3, 0.4) is 0 Å². The molecular weight excluding hydrogens is 371 g/mol. The number of hydrogen-bond donors (Lipinski definition) is 1. The van der Waals surface area contributed by atoms with Crippen molar-refractivity contribution in [3.8, 4) is 0 Å². The summed E-state index contributed by atoms with van der Waals surface area (Å²) in [7, 11) is 0. The van der Waals surface area contributed by atoms with Gasteiger partial charge in [-0.2, -0.15) is 5.10 Å². The molecule has 6 heteroatoms. The molecule has 1 amide bonds. The molecule has 0 aliphatic carbocycles. The fourth-order valence-corrected chi connectivity index (χ4v) is 3.36. The van der Waals surface area contributed by atoms with Crippen molar-refractivity contribution in [1.29, 1.82) is 0 Å². The Labute approximate surface area is 159 Å². The van der Waals surface area contributed by atoms with E-state index < -0.39 is 5.91 Å². The second-order valence-corrected chi connectivity index (χ2v) is 6.52. The molecule has 0 saturated heterocycles. The summed E-state index contributed by atoms with van der Waals surface area (Å²) in [6.07, 6.45) is 2.96. The number of hydrazone groups is 1. The summed E-state index contributed by atoms with van der Waals surface area (Å²) < 4.78 is 5.37. The van der Waals surface area contributed by atoms with Gasteiger partial charge in [0.05, 0.1) is 16.8 Å². The normalized spacial score (nSPS) is 11.5. The van der Waals surface area contributed by atoms with E-state index in [-0.39, 0.29) is 0 Å². The summed E-state index contributed by atoms with van der Waals surface area (Å²) >= 11 is 12.1. The van der Waals surface area contributed by atoms with Gasteiger partial charge < -0.3 is 4.42 Å². The Morgan fingerprint density at radius 1 is 1.04 bits per heavy atom. The Morgan fingerprint density at radius 3 is 2.73 bits per heavy atom. The van der Waals surface area contributed by atoms with Crippen molar-refractivity contribution in [3.05, 3.63) is 82.0 Å². The molecule has 0 spiro atoms. The van der Waals surface area contributed by atoms with Gasteiger partial charge in [0.15, 0.2) is 5.58 Å². The molecule has 26 heavy (non-hydrogen) atoms. The molecule has 0 fully saturated rings. The van der Waals surface area contributed by atoms with Crippen LogP contribution in [0, 0.1) is 0 Å². The van der Waals surface area contributed by atoms with E-state index in [1.807, 2.05) is 42.5 Å². The molecule has 0 aliphatic heterocycles. The summed E-state index contributed by atoms with van der Waals surface area (Å²) in [5.74, 6) is -0.404. The zero-order valence-electron chi connectivity index (χ0n) is 13.4. The lowest BCUT2D eigenvalue weighted by molar-refractivity contribution is 0.0956. The van der Waals surface area contributed by atoms with Gasteiger partial charge >= 0.3 is 0 Å². The van der Waals surface area contributed by atoms with E-state index in [4.69, 9.17) is 27.6 Å². The standard InChI is InChI=1S/C20H12Cl2N2O2/c21-14-8-16-17(11-26-19(16)18(22)9-14)20(25)24-23-10-13-6-3-5-12-4-1-2-7-15(12)13/h1-11H,(H,24,25)/b23-10+. The molecule has 0 unspecified atom stereocenters. The summed E-state index contributed by atoms with van der Waals surface area (Å²) in [5, 5.41) is 7.55. The van der Waals surface area contributed by atoms with Gasteiger partial charge in [-0.25, -0.2) is 5.43 Å². The third-order valence-corrected chi connectivity index (χ3v) is 4.53. The number of furan rings is 1. The molecule has 1 aromatic heterocycles. The lowest BCUT2D eigenvalue weighted by Crippen LogP contribution is -2.17. The Balaban J connectivity index is 1.60. The average Bonchev–Trinajstić information content (AvgIpc) is 3.06. The van der Waals surface area contributed by atoms with E-state index >= 15 is 0 Å². The molecule has 0 atom stereocenters. The van der Waals surface area contributed by atoms with Gasteiger partial charge in [-0.1, -0.05) is 65.7 Å². The molecule has 1 heterocycles. The second-order valence-electron chi connectivity index (χ2n) is 5.68. The van der Waals surface area contributed by atoms with E-state index in [9.17, 15) is 4.79 Å². The molecule has 4 aromatic rings. The minimum Gasteiger partial charge on any atom is -0.462 e. The number of rotatable bonds is 3. The first-order valence-electron chi connectivity index (χ1n) is 7.81. The number of halogens is 2. The van der Waals surface area contributed by atoms with Crippen LogP contribution in [-0.2, 0) is 0 Å². The van der Waals surface area contributed by atoms with Crippen molar-refractivity contribution < 1.29 is 9.21 Å². The summed E-state index contributed by atoms with van der Waals surface area (Å²) in [6, 6.07) is 17.1. The lowest BCUT2D eigenvalue weighted by Gasteiger charge is -2.02. The zero-order chi connectivity index (χ0) is 18.1. The minimum absolute atomic E-state index is 0.319. The van der Waals surface area contributed by atoms with Crippen molar-refractivity contribution in [1.82, 2.24) is 5.43 Å². The first kappa shape index (κ1) is 16.6. The van der Waals surface area contributed by atoms with E-state index in [0.29, 0.717) is 26.6 Å². The zero-order valence-corrected chi connectivity index (χ0v) is 14.9. The maximum atomic E-state index is 12.4. The van der Waals surface area contributed by atoms with Crippen molar-refractivity contribution in [2.75, 3.05) is 0 Å². The van der Waals surface area contributed by atoms with Gasteiger partial charge in [0, 0.05) is 16.0 Å². The molecule has 3 aromatic carbocycles. The number of carbonyl (C=O) groups is 1. The van der Waals surface area contributed by atoms with E-state index in [1.54, 1.807) is 18.3 Å². The Kier molecular flexibility index (Phi) is 4.37. The molecule has 1 N–H and O–H groups in total. The van der Waals surface area contributed by atoms with Crippen LogP contribution in [0.2, 0.25) is 10.0 Å². The fourth-order valence-electron chi connectivity index (χ4n) is 2.82. The maximum Gasteiger partial charge on any atom is 0.275 e. The molecule has 0 saturated carbocycles. The smallest absolute Gasteiger partial charge is 0.275 e. The number of carbonyl (C=O) groups excluding carboxylic acids is 1. The van der Waals surface area contributed by atoms with Gasteiger partial charge in [0.2, 0.25) is 0 Å². The highest BCUT2D eigenvalue weighted by atomic mass is 35.5. The van der Waals surface area contributed by atoms with Gasteiger partial charge in [-0.15, -0.1) is 0 Å². The quantitative estimate of drug-likeness (QED) is 0.367. The van der Waals surface area contributed by atoms with Crippen LogP contribution in [0.4, 0.5) is 0 Å². The molecule has 0 bridgehead atoms. The largest absolute Gasteiger partial charge is 0.462 e. The minimum atomic E-state index is -0.404. The third kappa shape index (κ3) is 3.05. The molecule has 4 rings (SSSR count). The van der Waals surface area contributed by atoms with E-state index in [2.05, 4.69) is 10.5 Å². The first-order chi connectivity index (χ1) is 12.6. The number of hydrogen-bond acceptors (Lipinski definition) is 3. The number of amides is 1. The maximum absolute atomic E-state index is 12.4. The van der Waals surface area contributed by atoms with Gasteiger partial charge in [0.1, 0.15) is 6.26 Å². The van der Waals surface area contributed by atoms with E-state index in [0.717, 1.165) is 16.3 Å². The summed E-state index contributed by atoms with van der Waals surface area (Å²) in [5.41, 5.74) is 4.16. The highest BCUT2D eigenvalue weighted by Gasteiger charge is 2.16. The molecule has 128 valence electrons. The van der Waals surface area contributed by atoms with Crippen molar-refractivity contribution in [2.45, 2.75) is 0 Å². The topological polar surface area (TPSA) is 54.6 Å². The first-order valence-corrected chi connectivity index (χ1v) is 8.56. The van der Waals surface area contributed by atoms with Crippen molar-refractivity contribution in [3.63, 3.8) is 0 Å². The van der Waals surface area contributed by atoms with Crippen LogP contribution in [0.25, 0.3) is 21.7 Å². The molecular formula is C20H12Cl2N2O2. The highest BCUT2D eigenvalue weighted by molar-refractivity contribution is 6.38. The fraction of sp³-hybridized carbons (Fsp3) is 0.